The maximum atomic E-state index is 6.39. The summed E-state index contributed by atoms with van der Waals surface area (Å²) in [5.74, 6) is 0. The van der Waals surface area contributed by atoms with Gasteiger partial charge in [0.25, 0.3) is 0 Å². The highest BCUT2D eigenvalue weighted by molar-refractivity contribution is 9.10. The molecule has 0 N–H and O–H groups in total. The molecule has 0 aliphatic heterocycles. The number of hydrogen-bond donors (Lipinski definition) is 0. The number of rotatable bonds is 3. The summed E-state index contributed by atoms with van der Waals surface area (Å²) < 4.78 is 1.12. The van der Waals surface area contributed by atoms with Crippen LogP contribution in [0.4, 0.5) is 0 Å². The Balaban J connectivity index is 2.14. The molecule has 0 saturated heterocycles. The first kappa shape index (κ1) is 11.7. The van der Waals surface area contributed by atoms with Gasteiger partial charge in [-0.2, -0.15) is 0 Å². The molecule has 1 atom stereocenters. The van der Waals surface area contributed by atoms with Gasteiger partial charge >= 0.3 is 0 Å². The number of halogens is 2. The van der Waals surface area contributed by atoms with Gasteiger partial charge in [-0.15, -0.1) is 11.6 Å². The van der Waals surface area contributed by atoms with Crippen molar-refractivity contribution in [1.82, 2.24) is 0 Å². The predicted octanol–water partition coefficient (Wildman–Crippen LogP) is 4.97. The molecule has 2 heteroatoms. The highest BCUT2D eigenvalue weighted by atomic mass is 79.9. The van der Waals surface area contributed by atoms with E-state index < -0.39 is 0 Å². The minimum atomic E-state index is 0.0277. The third kappa shape index (κ3) is 2.87. The molecule has 2 aromatic carbocycles. The summed E-state index contributed by atoms with van der Waals surface area (Å²) in [6.07, 6.45) is 0.840. The zero-order valence-corrected chi connectivity index (χ0v) is 11.1. The number of benzene rings is 2. The molecular formula is C14H12BrCl. The summed E-state index contributed by atoms with van der Waals surface area (Å²) >= 11 is 9.93. The molecule has 0 radical (unpaired) electrons. The molecule has 0 spiro atoms. The normalized spacial score (nSPS) is 12.4. The second-order valence-corrected chi connectivity index (χ2v) is 5.05. The Bertz CT molecular complexity index is 453. The minimum absolute atomic E-state index is 0.0277. The standard InChI is InChI=1S/C14H12BrCl/c15-13-9-5-4-8-12(13)10-14(16)11-6-2-1-3-7-11/h1-9,14H,10H2. The fraction of sp³-hybridized carbons (Fsp3) is 0.143. The van der Waals surface area contributed by atoms with Gasteiger partial charge in [-0.05, 0) is 23.6 Å². The highest BCUT2D eigenvalue weighted by Crippen LogP contribution is 2.27. The smallest absolute Gasteiger partial charge is 0.0625 e. The van der Waals surface area contributed by atoms with Crippen LogP contribution in [-0.2, 0) is 6.42 Å². The molecule has 0 bridgehead atoms. The van der Waals surface area contributed by atoms with Gasteiger partial charge in [0.05, 0.1) is 5.38 Å². The van der Waals surface area contributed by atoms with E-state index in [1.807, 2.05) is 36.4 Å². The largest absolute Gasteiger partial charge is 0.117 e. The third-order valence-corrected chi connectivity index (χ3v) is 3.70. The Morgan fingerprint density at radius 1 is 0.938 bits per heavy atom. The quantitative estimate of drug-likeness (QED) is 0.701. The Labute approximate surface area is 109 Å². The van der Waals surface area contributed by atoms with E-state index >= 15 is 0 Å². The summed E-state index contributed by atoms with van der Waals surface area (Å²) in [6.45, 7) is 0. The van der Waals surface area contributed by atoms with Crippen LogP contribution in [0.5, 0.6) is 0 Å². The lowest BCUT2D eigenvalue weighted by Gasteiger charge is -2.11. The fourth-order valence-electron chi connectivity index (χ4n) is 1.64. The van der Waals surface area contributed by atoms with Crippen molar-refractivity contribution in [3.8, 4) is 0 Å². The van der Waals surface area contributed by atoms with Gasteiger partial charge in [-0.25, -0.2) is 0 Å². The van der Waals surface area contributed by atoms with E-state index in [2.05, 4.69) is 34.1 Å². The third-order valence-electron chi connectivity index (χ3n) is 2.52. The average molecular weight is 296 g/mol. The van der Waals surface area contributed by atoms with Gasteiger partial charge in [0.15, 0.2) is 0 Å². The molecule has 1 unspecified atom stereocenters. The molecule has 16 heavy (non-hydrogen) atoms. The van der Waals surface area contributed by atoms with Gasteiger partial charge < -0.3 is 0 Å². The van der Waals surface area contributed by atoms with Gasteiger partial charge in [0.1, 0.15) is 0 Å². The molecule has 2 rings (SSSR count). The maximum Gasteiger partial charge on any atom is 0.0625 e. The number of hydrogen-bond acceptors (Lipinski definition) is 0. The van der Waals surface area contributed by atoms with E-state index in [4.69, 9.17) is 11.6 Å². The van der Waals surface area contributed by atoms with Crippen LogP contribution in [0.15, 0.2) is 59.1 Å². The Kier molecular flexibility index (Phi) is 4.03. The summed E-state index contributed by atoms with van der Waals surface area (Å²) in [4.78, 5) is 0. The molecule has 0 aromatic heterocycles. The zero-order valence-electron chi connectivity index (χ0n) is 8.74. The molecule has 0 saturated carbocycles. The predicted molar refractivity (Wildman–Crippen MR) is 72.9 cm³/mol. The first-order chi connectivity index (χ1) is 7.77. The van der Waals surface area contributed by atoms with Crippen molar-refractivity contribution in [2.45, 2.75) is 11.8 Å². The van der Waals surface area contributed by atoms with Crippen LogP contribution in [0.3, 0.4) is 0 Å². The molecule has 0 amide bonds. The highest BCUT2D eigenvalue weighted by Gasteiger charge is 2.09. The van der Waals surface area contributed by atoms with Gasteiger partial charge in [-0.1, -0.05) is 64.5 Å². The lowest BCUT2D eigenvalue weighted by molar-refractivity contribution is 0.915. The second-order valence-electron chi connectivity index (χ2n) is 3.67. The van der Waals surface area contributed by atoms with Crippen molar-refractivity contribution in [2.24, 2.45) is 0 Å². The van der Waals surface area contributed by atoms with Crippen molar-refractivity contribution < 1.29 is 0 Å². The van der Waals surface area contributed by atoms with Crippen LogP contribution >= 0.6 is 27.5 Å². The molecule has 0 fully saturated rings. The Morgan fingerprint density at radius 3 is 2.25 bits per heavy atom. The van der Waals surface area contributed by atoms with Crippen LogP contribution < -0.4 is 0 Å². The summed E-state index contributed by atoms with van der Waals surface area (Å²) in [6, 6.07) is 18.4. The lowest BCUT2D eigenvalue weighted by Crippen LogP contribution is -1.96. The van der Waals surface area contributed by atoms with E-state index in [0.717, 1.165) is 10.9 Å². The van der Waals surface area contributed by atoms with E-state index in [-0.39, 0.29) is 5.38 Å². The van der Waals surface area contributed by atoms with E-state index in [0.29, 0.717) is 0 Å². The fourth-order valence-corrected chi connectivity index (χ4v) is 2.40. The first-order valence-corrected chi connectivity index (χ1v) is 6.43. The SMILES string of the molecule is ClC(Cc1ccccc1Br)c1ccccc1. The van der Waals surface area contributed by atoms with Crippen LogP contribution in [0, 0.1) is 0 Å². The Hall–Kier alpha value is -0.790. The molecular weight excluding hydrogens is 284 g/mol. The summed E-state index contributed by atoms with van der Waals surface area (Å²) in [7, 11) is 0. The zero-order chi connectivity index (χ0) is 11.4. The van der Waals surface area contributed by atoms with Gasteiger partial charge in [0, 0.05) is 4.47 Å². The van der Waals surface area contributed by atoms with E-state index in [9.17, 15) is 0 Å². The maximum absolute atomic E-state index is 6.39. The van der Waals surface area contributed by atoms with Crippen LogP contribution in [0.25, 0.3) is 0 Å². The molecule has 0 aliphatic rings. The lowest BCUT2D eigenvalue weighted by atomic mass is 10.0. The molecule has 2 aromatic rings. The van der Waals surface area contributed by atoms with Crippen molar-refractivity contribution in [2.75, 3.05) is 0 Å². The van der Waals surface area contributed by atoms with Crippen molar-refractivity contribution >= 4 is 27.5 Å². The molecule has 82 valence electrons. The topological polar surface area (TPSA) is 0 Å². The minimum Gasteiger partial charge on any atom is -0.117 e. The first-order valence-electron chi connectivity index (χ1n) is 5.20. The van der Waals surface area contributed by atoms with Gasteiger partial charge in [-0.3, -0.25) is 0 Å². The van der Waals surface area contributed by atoms with Crippen LogP contribution in [0.2, 0.25) is 0 Å². The van der Waals surface area contributed by atoms with E-state index in [1.54, 1.807) is 0 Å². The summed E-state index contributed by atoms with van der Waals surface area (Å²) in [5.41, 5.74) is 2.41. The average Bonchev–Trinajstić information content (AvgIpc) is 2.33. The number of alkyl halides is 1. The van der Waals surface area contributed by atoms with Crippen molar-refractivity contribution in [3.63, 3.8) is 0 Å². The van der Waals surface area contributed by atoms with Crippen molar-refractivity contribution in [3.05, 3.63) is 70.2 Å². The monoisotopic (exact) mass is 294 g/mol. The summed E-state index contributed by atoms with van der Waals surface area (Å²) in [5, 5.41) is 0.0277. The van der Waals surface area contributed by atoms with Crippen LogP contribution in [-0.4, -0.2) is 0 Å². The van der Waals surface area contributed by atoms with Gasteiger partial charge in [0.2, 0.25) is 0 Å². The van der Waals surface area contributed by atoms with Crippen LogP contribution in [0.1, 0.15) is 16.5 Å². The van der Waals surface area contributed by atoms with E-state index in [1.165, 1.54) is 11.1 Å². The molecule has 0 aliphatic carbocycles. The molecule has 0 nitrogen and oxygen atoms in total. The second kappa shape index (κ2) is 5.51. The van der Waals surface area contributed by atoms with Crippen molar-refractivity contribution in [1.29, 1.82) is 0 Å². The Morgan fingerprint density at radius 2 is 1.56 bits per heavy atom. The molecule has 0 heterocycles.